The molecule has 1 N–H and O–H groups in total. The van der Waals surface area contributed by atoms with Gasteiger partial charge in [-0.05, 0) is 42.9 Å². The van der Waals surface area contributed by atoms with Crippen LogP contribution >= 0.6 is 0 Å². The Labute approximate surface area is 62.4 Å². The Hall–Kier alpha value is -0.0400. The van der Waals surface area contributed by atoms with Gasteiger partial charge in [-0.15, -0.1) is 0 Å². The van der Waals surface area contributed by atoms with E-state index in [1.165, 1.54) is 32.1 Å². The van der Waals surface area contributed by atoms with E-state index in [4.69, 9.17) is 5.11 Å². The van der Waals surface area contributed by atoms with E-state index in [1.54, 1.807) is 0 Å². The van der Waals surface area contributed by atoms with Gasteiger partial charge in [-0.25, -0.2) is 0 Å². The van der Waals surface area contributed by atoms with Gasteiger partial charge in [-0.1, -0.05) is 6.92 Å². The highest BCUT2D eigenvalue weighted by Crippen LogP contribution is 2.60. The third kappa shape index (κ3) is 0.731. The highest BCUT2D eigenvalue weighted by molar-refractivity contribution is 5.01. The number of rotatable bonds is 1. The number of aliphatic hydroxyl groups excluding tert-OH is 1. The first-order valence-corrected chi connectivity index (χ1v) is 4.29. The highest BCUT2D eigenvalue weighted by Gasteiger charge is 2.50. The molecule has 2 aliphatic rings. The monoisotopic (exact) mass is 140 g/mol. The lowest BCUT2D eigenvalue weighted by atomic mass is 9.83. The lowest BCUT2D eigenvalue weighted by Gasteiger charge is -2.23. The molecular formula is C9H16O. The highest BCUT2D eigenvalue weighted by atomic mass is 16.3. The minimum absolute atomic E-state index is 0.370. The summed E-state index contributed by atoms with van der Waals surface area (Å²) in [6.07, 6.45) is 6.55. The fourth-order valence-corrected chi connectivity index (χ4v) is 2.86. The molecular weight excluding hydrogens is 124 g/mol. The van der Waals surface area contributed by atoms with Crippen LogP contribution in [0.15, 0.2) is 0 Å². The Balaban J connectivity index is 2.19. The van der Waals surface area contributed by atoms with Crippen LogP contribution in [0.5, 0.6) is 0 Å². The second-order valence-electron chi connectivity index (χ2n) is 4.65. The third-order valence-corrected chi connectivity index (χ3v) is 3.65. The number of hydrogen-bond acceptors (Lipinski definition) is 1. The van der Waals surface area contributed by atoms with Gasteiger partial charge in [0.1, 0.15) is 0 Å². The number of hydrogen-bond donors (Lipinski definition) is 1. The van der Waals surface area contributed by atoms with Gasteiger partial charge < -0.3 is 5.11 Å². The molecule has 58 valence electrons. The van der Waals surface area contributed by atoms with E-state index in [2.05, 4.69) is 6.92 Å². The van der Waals surface area contributed by atoms with Crippen molar-refractivity contribution in [1.29, 1.82) is 0 Å². The zero-order valence-electron chi connectivity index (χ0n) is 6.69. The molecule has 2 aliphatic carbocycles. The standard InChI is InChI=1S/C9H16O/c1-8-2-4-9(6-8,7-10)5-3-8/h10H,2-7H2,1H3. The average molecular weight is 140 g/mol. The van der Waals surface area contributed by atoms with E-state index < -0.39 is 0 Å². The fourth-order valence-electron chi connectivity index (χ4n) is 2.86. The topological polar surface area (TPSA) is 20.2 Å². The van der Waals surface area contributed by atoms with Gasteiger partial charge in [-0.2, -0.15) is 0 Å². The maximum atomic E-state index is 9.16. The molecule has 0 unspecified atom stereocenters. The third-order valence-electron chi connectivity index (χ3n) is 3.65. The summed E-state index contributed by atoms with van der Waals surface area (Å²) in [5, 5.41) is 9.16. The Bertz CT molecular complexity index is 143. The SMILES string of the molecule is CC12CCC(CO)(CC1)C2. The molecule has 2 fully saturated rings. The second-order valence-corrected chi connectivity index (χ2v) is 4.65. The van der Waals surface area contributed by atoms with Crippen molar-refractivity contribution in [3.8, 4) is 0 Å². The normalized spacial score (nSPS) is 52.2. The summed E-state index contributed by atoms with van der Waals surface area (Å²) in [4.78, 5) is 0. The van der Waals surface area contributed by atoms with Gasteiger partial charge in [0.25, 0.3) is 0 Å². The lowest BCUT2D eigenvalue weighted by molar-refractivity contribution is 0.133. The first kappa shape index (κ1) is 6.66. The molecule has 0 heterocycles. The molecule has 0 radical (unpaired) electrons. The first-order chi connectivity index (χ1) is 4.68. The minimum Gasteiger partial charge on any atom is -0.396 e. The largest absolute Gasteiger partial charge is 0.396 e. The smallest absolute Gasteiger partial charge is 0.0487 e. The van der Waals surface area contributed by atoms with Crippen LogP contribution in [0.2, 0.25) is 0 Å². The summed E-state index contributed by atoms with van der Waals surface area (Å²) < 4.78 is 0. The van der Waals surface area contributed by atoms with Crippen molar-refractivity contribution in [2.45, 2.75) is 39.0 Å². The predicted octanol–water partition coefficient (Wildman–Crippen LogP) is 1.95. The van der Waals surface area contributed by atoms with Crippen molar-refractivity contribution in [1.82, 2.24) is 0 Å². The van der Waals surface area contributed by atoms with E-state index in [0.29, 0.717) is 17.4 Å². The maximum Gasteiger partial charge on any atom is 0.0487 e. The van der Waals surface area contributed by atoms with Crippen LogP contribution in [-0.4, -0.2) is 11.7 Å². The molecule has 0 saturated heterocycles. The Morgan fingerprint density at radius 1 is 1.20 bits per heavy atom. The van der Waals surface area contributed by atoms with Gasteiger partial charge in [-0.3, -0.25) is 0 Å². The zero-order chi connectivity index (χ0) is 7.24. The molecule has 2 rings (SSSR count). The number of aliphatic hydroxyl groups is 1. The van der Waals surface area contributed by atoms with Crippen LogP contribution in [0.1, 0.15) is 39.0 Å². The molecule has 0 aromatic carbocycles. The molecule has 0 amide bonds. The average Bonchev–Trinajstić information content (AvgIpc) is 2.42. The Morgan fingerprint density at radius 2 is 1.80 bits per heavy atom. The van der Waals surface area contributed by atoms with Crippen LogP contribution < -0.4 is 0 Å². The van der Waals surface area contributed by atoms with Crippen LogP contribution in [-0.2, 0) is 0 Å². The molecule has 0 aromatic rings. The van der Waals surface area contributed by atoms with Gasteiger partial charge in [0.15, 0.2) is 0 Å². The van der Waals surface area contributed by atoms with Crippen molar-refractivity contribution < 1.29 is 5.11 Å². The maximum absolute atomic E-state index is 9.16. The van der Waals surface area contributed by atoms with Gasteiger partial charge in [0.2, 0.25) is 0 Å². The van der Waals surface area contributed by atoms with Crippen molar-refractivity contribution in [3.63, 3.8) is 0 Å². The summed E-state index contributed by atoms with van der Waals surface area (Å²) in [7, 11) is 0. The quantitative estimate of drug-likeness (QED) is 0.590. The molecule has 0 spiro atoms. The fraction of sp³-hybridized carbons (Fsp3) is 1.00. The van der Waals surface area contributed by atoms with E-state index in [9.17, 15) is 0 Å². The van der Waals surface area contributed by atoms with Crippen molar-refractivity contribution in [3.05, 3.63) is 0 Å². The Kier molecular flexibility index (Phi) is 1.17. The zero-order valence-corrected chi connectivity index (χ0v) is 6.69. The molecule has 0 aromatic heterocycles. The molecule has 1 heteroatoms. The van der Waals surface area contributed by atoms with Crippen LogP contribution in [0.3, 0.4) is 0 Å². The predicted molar refractivity (Wildman–Crippen MR) is 40.7 cm³/mol. The minimum atomic E-state index is 0.370. The van der Waals surface area contributed by atoms with Crippen molar-refractivity contribution in [2.24, 2.45) is 10.8 Å². The Morgan fingerprint density at radius 3 is 2.00 bits per heavy atom. The van der Waals surface area contributed by atoms with E-state index in [-0.39, 0.29) is 0 Å². The summed E-state index contributed by atoms with van der Waals surface area (Å²) in [5.41, 5.74) is 0.984. The summed E-state index contributed by atoms with van der Waals surface area (Å²) >= 11 is 0. The summed E-state index contributed by atoms with van der Waals surface area (Å²) in [5.74, 6) is 0. The molecule has 0 aliphatic heterocycles. The summed E-state index contributed by atoms with van der Waals surface area (Å²) in [6.45, 7) is 2.81. The van der Waals surface area contributed by atoms with Crippen LogP contribution in [0.25, 0.3) is 0 Å². The van der Waals surface area contributed by atoms with Crippen LogP contribution in [0.4, 0.5) is 0 Å². The van der Waals surface area contributed by atoms with Crippen molar-refractivity contribution in [2.75, 3.05) is 6.61 Å². The molecule has 1 nitrogen and oxygen atoms in total. The second kappa shape index (κ2) is 1.76. The van der Waals surface area contributed by atoms with Crippen molar-refractivity contribution >= 4 is 0 Å². The molecule has 10 heavy (non-hydrogen) atoms. The van der Waals surface area contributed by atoms with E-state index >= 15 is 0 Å². The van der Waals surface area contributed by atoms with Gasteiger partial charge >= 0.3 is 0 Å². The van der Waals surface area contributed by atoms with Gasteiger partial charge in [0, 0.05) is 6.61 Å². The molecule has 2 saturated carbocycles. The molecule has 2 bridgehead atoms. The first-order valence-electron chi connectivity index (χ1n) is 4.29. The summed E-state index contributed by atoms with van der Waals surface area (Å²) in [6, 6.07) is 0. The molecule has 0 atom stereocenters. The number of fused-ring (bicyclic) bond motifs is 2. The van der Waals surface area contributed by atoms with Gasteiger partial charge in [0.05, 0.1) is 0 Å². The lowest BCUT2D eigenvalue weighted by Crippen LogP contribution is -2.18. The van der Waals surface area contributed by atoms with Crippen LogP contribution in [0, 0.1) is 10.8 Å². The van der Waals surface area contributed by atoms with E-state index in [1.807, 2.05) is 0 Å². The van der Waals surface area contributed by atoms with E-state index in [0.717, 1.165) is 0 Å².